The quantitative estimate of drug-likeness (QED) is 0.878. The van der Waals surface area contributed by atoms with Crippen molar-refractivity contribution in [2.75, 3.05) is 14.2 Å². The Morgan fingerprint density at radius 1 is 1.30 bits per heavy atom. The second kappa shape index (κ2) is 5.98. The molecule has 2 N–H and O–H groups in total. The summed E-state index contributed by atoms with van der Waals surface area (Å²) >= 11 is 5.91. The maximum atomic E-state index is 11.4. The van der Waals surface area contributed by atoms with Crippen LogP contribution in [0.15, 0.2) is 34.7 Å². The molecular weight excluding hydrogens is 282 g/mol. The van der Waals surface area contributed by atoms with Crippen molar-refractivity contribution in [3.05, 3.63) is 52.4 Å². The van der Waals surface area contributed by atoms with Gasteiger partial charge in [0.05, 0.1) is 20.3 Å². The number of methoxy groups -OCH3 is 2. The van der Waals surface area contributed by atoms with E-state index >= 15 is 0 Å². The average Bonchev–Trinajstić information content (AvgIpc) is 2.95. The molecule has 1 atom stereocenters. The third kappa shape index (κ3) is 2.79. The number of ether oxygens (including phenoxy) is 2. The highest BCUT2D eigenvalue weighted by atomic mass is 35.5. The molecule has 0 aliphatic heterocycles. The summed E-state index contributed by atoms with van der Waals surface area (Å²) in [6.07, 6.45) is 0. The molecule has 0 spiro atoms. The van der Waals surface area contributed by atoms with Crippen LogP contribution in [-0.4, -0.2) is 20.2 Å². The van der Waals surface area contributed by atoms with Crippen LogP contribution in [0.3, 0.4) is 0 Å². The highest BCUT2D eigenvalue weighted by molar-refractivity contribution is 6.30. The molecule has 2 rings (SSSR count). The minimum Gasteiger partial charge on any atom is -0.496 e. The second-order valence-electron chi connectivity index (χ2n) is 4.06. The molecule has 106 valence electrons. The number of hydrogen-bond donors (Lipinski definition) is 1. The van der Waals surface area contributed by atoms with Gasteiger partial charge in [-0.05, 0) is 24.3 Å². The maximum absolute atomic E-state index is 11.4. The second-order valence-corrected chi connectivity index (χ2v) is 4.49. The molecule has 0 aliphatic rings. The first kappa shape index (κ1) is 14.4. The number of carbonyl (C=O) groups is 1. The average molecular weight is 296 g/mol. The molecule has 0 saturated carbocycles. The Morgan fingerprint density at radius 2 is 2.05 bits per heavy atom. The van der Waals surface area contributed by atoms with Gasteiger partial charge in [-0.1, -0.05) is 17.7 Å². The van der Waals surface area contributed by atoms with Crippen molar-refractivity contribution >= 4 is 17.6 Å². The molecule has 0 radical (unpaired) electrons. The summed E-state index contributed by atoms with van der Waals surface area (Å²) in [7, 11) is 2.82. The van der Waals surface area contributed by atoms with Crippen molar-refractivity contribution in [1.29, 1.82) is 0 Å². The maximum Gasteiger partial charge on any atom is 0.373 e. The van der Waals surface area contributed by atoms with Gasteiger partial charge in [-0.2, -0.15) is 0 Å². The van der Waals surface area contributed by atoms with Crippen LogP contribution in [-0.2, 0) is 4.74 Å². The van der Waals surface area contributed by atoms with Crippen LogP contribution in [0, 0.1) is 0 Å². The summed E-state index contributed by atoms with van der Waals surface area (Å²) < 4.78 is 15.2. The predicted octanol–water partition coefficient (Wildman–Crippen LogP) is 2.78. The third-order valence-corrected chi connectivity index (χ3v) is 3.09. The van der Waals surface area contributed by atoms with Gasteiger partial charge in [-0.15, -0.1) is 0 Å². The molecule has 2 aromatic rings. The largest absolute Gasteiger partial charge is 0.496 e. The van der Waals surface area contributed by atoms with E-state index in [2.05, 4.69) is 4.74 Å². The lowest BCUT2D eigenvalue weighted by molar-refractivity contribution is 0.0562. The highest BCUT2D eigenvalue weighted by Crippen LogP contribution is 2.31. The number of nitrogens with two attached hydrogens (primary N) is 1. The summed E-state index contributed by atoms with van der Waals surface area (Å²) in [6.45, 7) is 0. The van der Waals surface area contributed by atoms with Crippen molar-refractivity contribution in [3.63, 3.8) is 0 Å². The molecule has 5 nitrogen and oxygen atoms in total. The molecule has 0 amide bonds. The molecule has 0 fully saturated rings. The molecule has 1 aromatic heterocycles. The first-order valence-electron chi connectivity index (χ1n) is 5.84. The summed E-state index contributed by atoms with van der Waals surface area (Å²) in [5, 5.41) is 0.549. The molecule has 0 aliphatic carbocycles. The minimum atomic E-state index is -0.569. The molecule has 1 unspecified atom stereocenters. The Labute approximate surface area is 121 Å². The number of carbonyl (C=O) groups excluding carboxylic acids is 1. The van der Waals surface area contributed by atoms with E-state index in [1.807, 2.05) is 0 Å². The Kier molecular flexibility index (Phi) is 4.32. The van der Waals surface area contributed by atoms with E-state index < -0.39 is 12.0 Å². The van der Waals surface area contributed by atoms with Crippen LogP contribution >= 0.6 is 11.6 Å². The van der Waals surface area contributed by atoms with Crippen LogP contribution in [0.5, 0.6) is 5.75 Å². The number of hydrogen-bond acceptors (Lipinski definition) is 5. The van der Waals surface area contributed by atoms with E-state index in [0.717, 1.165) is 0 Å². The topological polar surface area (TPSA) is 74.7 Å². The summed E-state index contributed by atoms with van der Waals surface area (Å²) in [4.78, 5) is 11.4. The normalized spacial score (nSPS) is 12.0. The van der Waals surface area contributed by atoms with Gasteiger partial charge in [-0.25, -0.2) is 4.79 Å². The van der Waals surface area contributed by atoms with Crippen molar-refractivity contribution in [2.45, 2.75) is 6.04 Å². The zero-order valence-electron chi connectivity index (χ0n) is 11.1. The number of esters is 1. The van der Waals surface area contributed by atoms with Crippen LogP contribution in [0.1, 0.15) is 27.9 Å². The monoisotopic (exact) mass is 295 g/mol. The van der Waals surface area contributed by atoms with Gasteiger partial charge >= 0.3 is 5.97 Å². The van der Waals surface area contributed by atoms with Crippen molar-refractivity contribution in [3.8, 4) is 5.75 Å². The summed E-state index contributed by atoms with van der Waals surface area (Å²) in [6, 6.07) is 7.71. The van der Waals surface area contributed by atoms with Gasteiger partial charge in [0.1, 0.15) is 11.5 Å². The van der Waals surface area contributed by atoms with Gasteiger partial charge in [0.15, 0.2) is 0 Å². The Morgan fingerprint density at radius 3 is 2.70 bits per heavy atom. The number of furan rings is 1. The molecular formula is C14H14ClNO4. The summed E-state index contributed by atoms with van der Waals surface area (Å²) in [5.41, 5.74) is 6.84. The SMILES string of the molecule is COC(=O)c1ccc(C(N)c2ccc(Cl)cc2OC)o1. The fourth-order valence-electron chi connectivity index (χ4n) is 1.83. The van der Waals surface area contributed by atoms with Crippen molar-refractivity contribution < 1.29 is 18.7 Å². The molecule has 0 bridgehead atoms. The number of rotatable bonds is 4. The van der Waals surface area contributed by atoms with E-state index in [9.17, 15) is 4.79 Å². The van der Waals surface area contributed by atoms with E-state index in [1.165, 1.54) is 20.3 Å². The fourth-order valence-corrected chi connectivity index (χ4v) is 1.99. The lowest BCUT2D eigenvalue weighted by Gasteiger charge is -2.14. The Bertz CT molecular complexity index is 623. The first-order chi connectivity index (χ1) is 9.56. The predicted molar refractivity (Wildman–Crippen MR) is 74.1 cm³/mol. The Balaban J connectivity index is 2.33. The van der Waals surface area contributed by atoms with Gasteiger partial charge in [0, 0.05) is 10.6 Å². The number of benzene rings is 1. The highest BCUT2D eigenvalue weighted by Gasteiger charge is 2.20. The van der Waals surface area contributed by atoms with Crippen molar-refractivity contribution in [1.82, 2.24) is 0 Å². The molecule has 6 heteroatoms. The van der Waals surface area contributed by atoms with Crippen LogP contribution < -0.4 is 10.5 Å². The third-order valence-electron chi connectivity index (χ3n) is 2.85. The van der Waals surface area contributed by atoms with Crippen molar-refractivity contribution in [2.24, 2.45) is 5.73 Å². The van der Waals surface area contributed by atoms with Crippen LogP contribution in [0.2, 0.25) is 5.02 Å². The summed E-state index contributed by atoms with van der Waals surface area (Å²) in [5.74, 6) is 0.546. The first-order valence-corrected chi connectivity index (χ1v) is 6.21. The van der Waals surface area contributed by atoms with E-state index in [0.29, 0.717) is 22.1 Å². The smallest absolute Gasteiger partial charge is 0.373 e. The fraction of sp³-hybridized carbons (Fsp3) is 0.214. The molecule has 0 saturated heterocycles. The van der Waals surface area contributed by atoms with Gasteiger partial charge in [-0.3, -0.25) is 0 Å². The molecule has 20 heavy (non-hydrogen) atoms. The lowest BCUT2D eigenvalue weighted by atomic mass is 10.0. The standard InChI is InChI=1S/C14H14ClNO4/c1-18-12-7-8(15)3-4-9(12)13(16)10-5-6-11(20-10)14(17)19-2/h3-7,13H,16H2,1-2H3. The van der Waals surface area contributed by atoms with E-state index in [-0.39, 0.29) is 5.76 Å². The Hall–Kier alpha value is -1.98. The molecule has 1 aromatic carbocycles. The molecule has 1 heterocycles. The van der Waals surface area contributed by atoms with Gasteiger partial charge < -0.3 is 19.6 Å². The minimum absolute atomic E-state index is 0.103. The lowest BCUT2D eigenvalue weighted by Crippen LogP contribution is -2.12. The van der Waals surface area contributed by atoms with Crippen LogP contribution in [0.25, 0.3) is 0 Å². The number of halogens is 1. The van der Waals surface area contributed by atoms with Gasteiger partial charge in [0.25, 0.3) is 0 Å². The van der Waals surface area contributed by atoms with E-state index in [1.54, 1.807) is 24.3 Å². The van der Waals surface area contributed by atoms with Crippen LogP contribution in [0.4, 0.5) is 0 Å². The van der Waals surface area contributed by atoms with Gasteiger partial charge in [0.2, 0.25) is 5.76 Å². The zero-order chi connectivity index (χ0) is 14.7. The zero-order valence-corrected chi connectivity index (χ0v) is 11.8. The van der Waals surface area contributed by atoms with E-state index in [4.69, 9.17) is 26.5 Å².